The van der Waals surface area contributed by atoms with Crippen LogP contribution in [0.15, 0.2) is 0 Å². The van der Waals surface area contributed by atoms with Gasteiger partial charge in [0, 0.05) is 30.5 Å². The van der Waals surface area contributed by atoms with Gasteiger partial charge in [-0.1, -0.05) is 26.7 Å². The molecule has 1 spiro atoms. The largest absolute Gasteiger partial charge is 0.377 e. The lowest BCUT2D eigenvalue weighted by molar-refractivity contribution is -0.157. The van der Waals surface area contributed by atoms with E-state index in [2.05, 4.69) is 25.8 Å². The monoisotopic (exact) mass is 293 g/mol. The Balaban J connectivity index is 1.37. The first-order chi connectivity index (χ1) is 10.0. The van der Waals surface area contributed by atoms with Crippen molar-refractivity contribution in [3.63, 3.8) is 0 Å². The number of nitrogens with zero attached hydrogens (tertiary/aromatic N) is 1. The Hall–Kier alpha value is -0.120. The molecule has 0 N–H and O–H groups in total. The standard InChI is InChI=1S/C18H31NO2/c1-17(2)15(14-7-11-20-16(14)17)19(3)12-13-6-10-18(21-13)8-4-5-9-18/h13-16H,4-12H2,1-3H3/t13-,14-,15+,16+/m0/s1. The number of fused-ring (bicyclic) bond motifs is 1. The van der Waals surface area contributed by atoms with Crippen molar-refractivity contribution < 1.29 is 9.47 Å². The zero-order valence-corrected chi connectivity index (χ0v) is 13.9. The van der Waals surface area contributed by atoms with Crippen molar-refractivity contribution in [3.05, 3.63) is 0 Å². The summed E-state index contributed by atoms with van der Waals surface area (Å²) in [6, 6.07) is 0.675. The van der Waals surface area contributed by atoms with Gasteiger partial charge in [-0.15, -0.1) is 0 Å². The van der Waals surface area contributed by atoms with E-state index in [-0.39, 0.29) is 5.60 Å². The summed E-state index contributed by atoms with van der Waals surface area (Å²) < 4.78 is 12.4. The van der Waals surface area contributed by atoms with E-state index in [0.29, 0.717) is 23.7 Å². The summed E-state index contributed by atoms with van der Waals surface area (Å²) >= 11 is 0. The molecule has 0 aromatic carbocycles. The Labute approximate surface area is 129 Å². The summed E-state index contributed by atoms with van der Waals surface area (Å²) in [5, 5.41) is 0. The maximum Gasteiger partial charge on any atom is 0.0710 e. The molecule has 2 aliphatic heterocycles. The Kier molecular flexibility index (Phi) is 3.40. The first kappa shape index (κ1) is 14.5. The summed E-state index contributed by atoms with van der Waals surface area (Å²) in [4.78, 5) is 2.59. The smallest absolute Gasteiger partial charge is 0.0710 e. The van der Waals surface area contributed by atoms with E-state index in [1.807, 2.05) is 0 Å². The number of likely N-dealkylation sites (N-methyl/N-ethyl adjacent to an activating group) is 1. The van der Waals surface area contributed by atoms with Crippen LogP contribution < -0.4 is 0 Å². The van der Waals surface area contributed by atoms with Crippen LogP contribution in [0.5, 0.6) is 0 Å². The van der Waals surface area contributed by atoms with Crippen molar-refractivity contribution in [1.29, 1.82) is 0 Å². The Morgan fingerprint density at radius 1 is 1.10 bits per heavy atom. The lowest BCUT2D eigenvalue weighted by Crippen LogP contribution is -2.66. The Morgan fingerprint density at radius 3 is 2.62 bits per heavy atom. The van der Waals surface area contributed by atoms with Gasteiger partial charge in [0.1, 0.15) is 0 Å². The van der Waals surface area contributed by atoms with E-state index < -0.39 is 0 Å². The second kappa shape index (κ2) is 4.94. The minimum Gasteiger partial charge on any atom is -0.377 e. The summed E-state index contributed by atoms with van der Waals surface area (Å²) in [6.45, 7) is 6.84. The lowest BCUT2D eigenvalue weighted by atomic mass is 9.57. The van der Waals surface area contributed by atoms with Crippen molar-refractivity contribution in [1.82, 2.24) is 4.90 Å². The molecule has 2 saturated carbocycles. The molecule has 0 unspecified atom stereocenters. The molecule has 120 valence electrons. The van der Waals surface area contributed by atoms with Gasteiger partial charge in [-0.25, -0.2) is 0 Å². The van der Waals surface area contributed by atoms with Gasteiger partial charge in [0.05, 0.1) is 17.8 Å². The van der Waals surface area contributed by atoms with Crippen molar-refractivity contribution in [3.8, 4) is 0 Å². The van der Waals surface area contributed by atoms with Crippen LogP contribution in [0.3, 0.4) is 0 Å². The van der Waals surface area contributed by atoms with Crippen LogP contribution in [0.2, 0.25) is 0 Å². The minimum atomic E-state index is 0.277. The molecular formula is C18H31NO2. The molecule has 0 radical (unpaired) electrons. The highest BCUT2D eigenvalue weighted by molar-refractivity contribution is 5.11. The zero-order valence-electron chi connectivity index (χ0n) is 13.9. The highest BCUT2D eigenvalue weighted by Crippen LogP contribution is 2.54. The molecule has 3 nitrogen and oxygen atoms in total. The normalized spacial score (nSPS) is 43.4. The molecule has 21 heavy (non-hydrogen) atoms. The first-order valence-corrected chi connectivity index (χ1v) is 9.02. The van der Waals surface area contributed by atoms with Crippen LogP contribution in [0.1, 0.15) is 58.8 Å². The third-order valence-corrected chi connectivity index (χ3v) is 6.86. The summed E-state index contributed by atoms with van der Waals surface area (Å²) in [7, 11) is 2.31. The third-order valence-electron chi connectivity index (χ3n) is 6.86. The quantitative estimate of drug-likeness (QED) is 0.797. The molecule has 2 aliphatic carbocycles. The van der Waals surface area contributed by atoms with Crippen LogP contribution in [0.25, 0.3) is 0 Å². The van der Waals surface area contributed by atoms with Gasteiger partial charge < -0.3 is 9.47 Å². The second-order valence-electron chi connectivity index (χ2n) is 8.62. The molecule has 2 saturated heterocycles. The second-order valence-corrected chi connectivity index (χ2v) is 8.62. The summed E-state index contributed by atoms with van der Waals surface area (Å²) in [6.07, 6.45) is 10.1. The molecule has 3 heteroatoms. The molecule has 0 amide bonds. The van der Waals surface area contributed by atoms with Crippen molar-refractivity contribution in [2.75, 3.05) is 20.2 Å². The Bertz CT molecular complexity index is 402. The van der Waals surface area contributed by atoms with Gasteiger partial charge in [0.25, 0.3) is 0 Å². The lowest BCUT2D eigenvalue weighted by Gasteiger charge is -2.58. The van der Waals surface area contributed by atoms with E-state index in [1.165, 1.54) is 44.9 Å². The zero-order chi connectivity index (χ0) is 14.7. The average molecular weight is 293 g/mol. The van der Waals surface area contributed by atoms with Gasteiger partial charge in [-0.05, 0) is 39.2 Å². The predicted molar refractivity (Wildman–Crippen MR) is 83.4 cm³/mol. The maximum absolute atomic E-state index is 6.51. The van der Waals surface area contributed by atoms with Crippen LogP contribution in [0, 0.1) is 11.3 Å². The van der Waals surface area contributed by atoms with Crippen LogP contribution >= 0.6 is 0 Å². The molecule has 0 bridgehead atoms. The van der Waals surface area contributed by atoms with Crippen molar-refractivity contribution in [2.45, 2.75) is 82.6 Å². The predicted octanol–water partition coefficient (Wildman–Crippen LogP) is 3.22. The fraction of sp³-hybridized carbons (Fsp3) is 1.00. The van der Waals surface area contributed by atoms with Gasteiger partial charge in [0.15, 0.2) is 0 Å². The number of hydrogen-bond donors (Lipinski definition) is 0. The molecule has 0 aromatic heterocycles. The molecule has 4 atom stereocenters. The van der Waals surface area contributed by atoms with E-state index in [9.17, 15) is 0 Å². The number of hydrogen-bond acceptors (Lipinski definition) is 3. The van der Waals surface area contributed by atoms with Gasteiger partial charge >= 0.3 is 0 Å². The van der Waals surface area contributed by atoms with E-state index in [4.69, 9.17) is 9.47 Å². The van der Waals surface area contributed by atoms with Crippen molar-refractivity contribution in [2.24, 2.45) is 11.3 Å². The Morgan fingerprint density at radius 2 is 1.86 bits per heavy atom. The van der Waals surface area contributed by atoms with Crippen LogP contribution in [0.4, 0.5) is 0 Å². The van der Waals surface area contributed by atoms with Gasteiger partial charge in [0.2, 0.25) is 0 Å². The molecule has 4 fully saturated rings. The van der Waals surface area contributed by atoms with Crippen LogP contribution in [-0.2, 0) is 9.47 Å². The highest BCUT2D eigenvalue weighted by atomic mass is 16.5. The molecule has 4 aliphatic rings. The topological polar surface area (TPSA) is 21.7 Å². The number of ether oxygens (including phenoxy) is 2. The molecular weight excluding hydrogens is 262 g/mol. The summed E-state index contributed by atoms with van der Waals surface area (Å²) in [5.41, 5.74) is 0.583. The van der Waals surface area contributed by atoms with Crippen LogP contribution in [-0.4, -0.2) is 49.0 Å². The van der Waals surface area contributed by atoms with E-state index in [1.54, 1.807) is 0 Å². The fourth-order valence-electron chi connectivity index (χ4n) is 6.04. The average Bonchev–Trinajstić information content (AvgIpc) is 3.12. The number of rotatable bonds is 3. The van der Waals surface area contributed by atoms with E-state index >= 15 is 0 Å². The highest BCUT2D eigenvalue weighted by Gasteiger charge is 2.60. The fourth-order valence-corrected chi connectivity index (χ4v) is 6.04. The SMILES string of the molecule is CN(C[C@@H]1CCC2(CCCC2)O1)[C@@H]1[C@@H]2CCO[C@H]2C1(C)C. The summed E-state index contributed by atoms with van der Waals surface area (Å²) in [5.74, 6) is 0.756. The molecule has 2 heterocycles. The van der Waals surface area contributed by atoms with E-state index in [0.717, 1.165) is 19.1 Å². The maximum atomic E-state index is 6.51. The first-order valence-electron chi connectivity index (χ1n) is 9.02. The third kappa shape index (κ3) is 2.19. The van der Waals surface area contributed by atoms with Gasteiger partial charge in [-0.2, -0.15) is 0 Å². The molecule has 0 aromatic rings. The molecule has 4 rings (SSSR count). The van der Waals surface area contributed by atoms with Crippen molar-refractivity contribution >= 4 is 0 Å². The van der Waals surface area contributed by atoms with Gasteiger partial charge in [-0.3, -0.25) is 4.90 Å². The minimum absolute atomic E-state index is 0.277.